The van der Waals surface area contributed by atoms with Crippen molar-refractivity contribution < 1.29 is 9.13 Å². The molecular formula is C35H42FN3O. The zero-order chi connectivity index (χ0) is 27.3. The van der Waals surface area contributed by atoms with Crippen molar-refractivity contribution in [3.8, 4) is 0 Å². The Morgan fingerprint density at radius 2 is 1.80 bits per heavy atom. The molecule has 2 aromatic carbocycles. The fourth-order valence-corrected chi connectivity index (χ4v) is 6.73. The molecule has 4 nitrogen and oxygen atoms in total. The molecule has 4 aliphatic rings. The summed E-state index contributed by atoms with van der Waals surface area (Å²) >= 11 is 0. The van der Waals surface area contributed by atoms with Gasteiger partial charge in [-0.2, -0.15) is 0 Å². The highest BCUT2D eigenvalue weighted by Crippen LogP contribution is 2.42. The molecule has 2 fully saturated rings. The molecule has 2 N–H and O–H groups in total. The molecule has 1 atom stereocenters. The number of halogens is 1. The van der Waals surface area contributed by atoms with E-state index in [1.54, 1.807) is 0 Å². The zero-order valence-electron chi connectivity index (χ0n) is 23.6. The predicted molar refractivity (Wildman–Crippen MR) is 165 cm³/mol. The Hall–Kier alpha value is -3.31. The number of alkyl halides is 1. The molecule has 0 amide bonds. The average Bonchev–Trinajstić information content (AvgIpc) is 3.57. The van der Waals surface area contributed by atoms with E-state index in [2.05, 4.69) is 70.5 Å². The summed E-state index contributed by atoms with van der Waals surface area (Å²) in [5.41, 5.74) is 16.3. The third kappa shape index (κ3) is 6.05. The molecule has 210 valence electrons. The standard InChI is InChI=1S/C35H42FN3O/c36-19-5-20-38-23-18-32(25-38)40-31-8-3-6-27(12-16-31)35-33(9-4-7-28-24-29(37)13-17-34(28)35)26-10-14-30(15-11-26)39-21-1-2-22-39/h3,6,10-17,24,32H,1-2,4-5,7-9,18-23,25,37H2/t32-/m0/s1. The van der Waals surface area contributed by atoms with Crippen LogP contribution in [0.1, 0.15) is 61.6 Å². The van der Waals surface area contributed by atoms with Gasteiger partial charge in [-0.25, -0.2) is 0 Å². The fourth-order valence-electron chi connectivity index (χ4n) is 6.73. The molecule has 0 aromatic heterocycles. The lowest BCUT2D eigenvalue weighted by atomic mass is 9.87. The number of benzene rings is 2. The molecule has 6 rings (SSSR count). The van der Waals surface area contributed by atoms with Crippen LogP contribution in [0.15, 0.2) is 78.1 Å². The number of nitrogens with two attached hydrogens (primary N) is 1. The molecule has 0 saturated carbocycles. The molecule has 0 spiro atoms. The Morgan fingerprint density at radius 1 is 0.950 bits per heavy atom. The normalized spacial score (nSPS) is 21.6. The maximum absolute atomic E-state index is 12.6. The summed E-state index contributed by atoms with van der Waals surface area (Å²) in [5.74, 6) is 1.01. The topological polar surface area (TPSA) is 41.7 Å². The monoisotopic (exact) mass is 539 g/mol. The van der Waals surface area contributed by atoms with E-state index >= 15 is 0 Å². The number of fused-ring (bicyclic) bond motifs is 1. The van der Waals surface area contributed by atoms with Crippen molar-refractivity contribution >= 4 is 22.5 Å². The number of allylic oxidation sites excluding steroid dienone is 7. The molecule has 2 heterocycles. The minimum atomic E-state index is -0.248. The molecule has 0 radical (unpaired) electrons. The molecule has 2 aromatic rings. The zero-order valence-corrected chi connectivity index (χ0v) is 23.6. The Labute approximate surface area is 238 Å². The fraction of sp³-hybridized carbons (Fsp3) is 0.429. The first-order chi connectivity index (χ1) is 19.7. The van der Waals surface area contributed by atoms with E-state index in [0.29, 0.717) is 6.42 Å². The van der Waals surface area contributed by atoms with E-state index in [-0.39, 0.29) is 12.8 Å². The molecule has 2 aliphatic carbocycles. The first-order valence-electron chi connectivity index (χ1n) is 15.2. The van der Waals surface area contributed by atoms with Gasteiger partial charge in [0.1, 0.15) is 11.9 Å². The van der Waals surface area contributed by atoms with Crippen LogP contribution in [0.4, 0.5) is 15.8 Å². The van der Waals surface area contributed by atoms with Crippen molar-refractivity contribution in [3.63, 3.8) is 0 Å². The van der Waals surface area contributed by atoms with E-state index < -0.39 is 0 Å². The van der Waals surface area contributed by atoms with Crippen molar-refractivity contribution in [1.82, 2.24) is 4.90 Å². The second kappa shape index (κ2) is 12.5. The number of nitrogen functional groups attached to an aromatic ring is 1. The van der Waals surface area contributed by atoms with Crippen molar-refractivity contribution in [3.05, 3.63) is 94.8 Å². The molecule has 2 saturated heterocycles. The molecular weight excluding hydrogens is 497 g/mol. The molecule has 0 unspecified atom stereocenters. The van der Waals surface area contributed by atoms with Crippen LogP contribution in [0.5, 0.6) is 0 Å². The lowest BCUT2D eigenvalue weighted by molar-refractivity contribution is 0.117. The maximum Gasteiger partial charge on any atom is 0.112 e. The van der Waals surface area contributed by atoms with Crippen LogP contribution in [0.2, 0.25) is 0 Å². The van der Waals surface area contributed by atoms with Gasteiger partial charge in [0, 0.05) is 50.5 Å². The highest BCUT2D eigenvalue weighted by atomic mass is 19.1. The minimum Gasteiger partial charge on any atom is -0.493 e. The summed E-state index contributed by atoms with van der Waals surface area (Å²) in [6.07, 6.45) is 17.2. The number of ether oxygens (including phenoxy) is 1. The van der Waals surface area contributed by atoms with Gasteiger partial charge < -0.3 is 15.4 Å². The van der Waals surface area contributed by atoms with Gasteiger partial charge in [-0.3, -0.25) is 9.29 Å². The van der Waals surface area contributed by atoms with E-state index in [9.17, 15) is 4.39 Å². The van der Waals surface area contributed by atoms with Gasteiger partial charge in [0.25, 0.3) is 0 Å². The van der Waals surface area contributed by atoms with Crippen molar-refractivity contribution in [2.45, 2.75) is 57.5 Å². The Morgan fingerprint density at radius 3 is 2.62 bits per heavy atom. The summed E-state index contributed by atoms with van der Waals surface area (Å²) in [7, 11) is 0. The Balaban J connectivity index is 1.32. The quantitative estimate of drug-likeness (QED) is 0.357. The molecule has 5 heteroatoms. The van der Waals surface area contributed by atoms with Gasteiger partial charge >= 0.3 is 0 Å². The van der Waals surface area contributed by atoms with Crippen LogP contribution in [0.3, 0.4) is 0 Å². The van der Waals surface area contributed by atoms with E-state index in [1.807, 2.05) is 6.07 Å². The highest BCUT2D eigenvalue weighted by Gasteiger charge is 2.25. The SMILES string of the molecule is Nc1ccc2c(c1)CCCC(c1ccc(N3CCCC3)cc1)=C2C1=CC=C(O[C@H]2CCN(CCCF)C2)CC=C1. The van der Waals surface area contributed by atoms with Crippen molar-refractivity contribution in [1.29, 1.82) is 0 Å². The molecule has 40 heavy (non-hydrogen) atoms. The number of hydrogen-bond acceptors (Lipinski definition) is 4. The van der Waals surface area contributed by atoms with Gasteiger partial charge in [0.2, 0.25) is 0 Å². The van der Waals surface area contributed by atoms with Gasteiger partial charge in [0.15, 0.2) is 0 Å². The van der Waals surface area contributed by atoms with Crippen LogP contribution in [0.25, 0.3) is 11.1 Å². The predicted octanol–water partition coefficient (Wildman–Crippen LogP) is 7.34. The van der Waals surface area contributed by atoms with Crippen LogP contribution < -0.4 is 10.6 Å². The number of nitrogens with zero attached hydrogens (tertiary/aromatic N) is 2. The van der Waals surface area contributed by atoms with Crippen LogP contribution in [0, 0.1) is 0 Å². The third-order valence-corrected chi connectivity index (χ3v) is 8.77. The largest absolute Gasteiger partial charge is 0.493 e. The first-order valence-corrected chi connectivity index (χ1v) is 15.2. The summed E-state index contributed by atoms with van der Waals surface area (Å²) < 4.78 is 19.1. The van der Waals surface area contributed by atoms with Gasteiger partial charge in [-0.1, -0.05) is 36.4 Å². The van der Waals surface area contributed by atoms with Gasteiger partial charge in [-0.15, -0.1) is 0 Å². The van der Waals surface area contributed by atoms with Gasteiger partial charge in [-0.05, 0) is 109 Å². The third-order valence-electron chi connectivity index (χ3n) is 8.77. The van der Waals surface area contributed by atoms with E-state index in [0.717, 1.165) is 76.3 Å². The maximum atomic E-state index is 12.6. The lowest BCUT2D eigenvalue weighted by Gasteiger charge is -2.20. The summed E-state index contributed by atoms with van der Waals surface area (Å²) in [5, 5.41) is 0. The summed E-state index contributed by atoms with van der Waals surface area (Å²) in [6, 6.07) is 15.7. The van der Waals surface area contributed by atoms with Crippen molar-refractivity contribution in [2.24, 2.45) is 0 Å². The summed E-state index contributed by atoms with van der Waals surface area (Å²) in [6.45, 7) is 4.76. The van der Waals surface area contributed by atoms with E-state index in [4.69, 9.17) is 10.5 Å². The molecule has 2 aliphatic heterocycles. The van der Waals surface area contributed by atoms with Crippen molar-refractivity contribution in [2.75, 3.05) is 50.0 Å². The number of aryl methyl sites for hydroxylation is 1. The highest BCUT2D eigenvalue weighted by molar-refractivity contribution is 6.01. The first kappa shape index (κ1) is 26.9. The second-order valence-electron chi connectivity index (χ2n) is 11.6. The minimum absolute atomic E-state index is 0.180. The summed E-state index contributed by atoms with van der Waals surface area (Å²) in [4.78, 5) is 4.82. The van der Waals surface area contributed by atoms with Gasteiger partial charge in [0.05, 0.1) is 6.67 Å². The number of likely N-dealkylation sites (tertiary alicyclic amines) is 1. The smallest absolute Gasteiger partial charge is 0.112 e. The Bertz CT molecular complexity index is 1320. The van der Waals surface area contributed by atoms with Crippen LogP contribution in [-0.2, 0) is 11.2 Å². The molecule has 0 bridgehead atoms. The lowest BCUT2D eigenvalue weighted by Crippen LogP contribution is -2.24. The average molecular weight is 540 g/mol. The second-order valence-corrected chi connectivity index (χ2v) is 11.6. The number of anilines is 2. The number of hydrogen-bond donors (Lipinski definition) is 1. The van der Waals surface area contributed by atoms with Crippen LogP contribution in [-0.4, -0.2) is 50.4 Å². The Kier molecular flexibility index (Phi) is 8.38. The number of rotatable bonds is 8. The van der Waals surface area contributed by atoms with Crippen LogP contribution >= 0.6 is 0 Å². The van der Waals surface area contributed by atoms with E-state index in [1.165, 1.54) is 51.9 Å².